The first-order valence-electron chi connectivity index (χ1n) is 3.86. The molecule has 0 aromatic heterocycles. The van der Waals surface area contributed by atoms with Crippen LogP contribution in [-0.2, 0) is 0 Å². The number of rotatable bonds is 0. The van der Waals surface area contributed by atoms with Gasteiger partial charge in [-0.1, -0.05) is 0 Å². The highest BCUT2D eigenvalue weighted by Gasteiger charge is 2.59. The van der Waals surface area contributed by atoms with Crippen molar-refractivity contribution < 1.29 is 4.17 Å². The second kappa shape index (κ2) is 2.49. The predicted octanol–water partition coefficient (Wildman–Crippen LogP) is 2.44. The second-order valence-electron chi connectivity index (χ2n) is 4.36. The van der Waals surface area contributed by atoms with Crippen molar-refractivity contribution in [3.05, 3.63) is 5.21 Å². The van der Waals surface area contributed by atoms with Crippen LogP contribution in [0.3, 0.4) is 0 Å². The van der Waals surface area contributed by atoms with E-state index >= 15 is 0 Å². The van der Waals surface area contributed by atoms with E-state index in [-0.39, 0.29) is 0 Å². The highest BCUT2D eigenvalue weighted by Crippen LogP contribution is 2.47. The standard InChI is InChI=1S/C7H14Cl2N2O/c1-6(2)5-10(8)7(3,4)11(6,9)12/h5H2,1-4H3. The van der Waals surface area contributed by atoms with Gasteiger partial charge in [-0.3, -0.25) is 0 Å². The lowest BCUT2D eigenvalue weighted by atomic mass is 10.1. The normalized spacial score (nSPS) is 40.2. The maximum Gasteiger partial charge on any atom is 0.179 e. The van der Waals surface area contributed by atoms with Crippen LogP contribution in [0.4, 0.5) is 0 Å². The third-order valence-corrected chi connectivity index (χ3v) is 4.01. The van der Waals surface area contributed by atoms with Gasteiger partial charge in [0, 0.05) is 13.8 Å². The van der Waals surface area contributed by atoms with Crippen LogP contribution in [0.5, 0.6) is 0 Å². The molecule has 0 radical (unpaired) electrons. The smallest absolute Gasteiger partial charge is 0.179 e. The molecule has 0 aliphatic carbocycles. The summed E-state index contributed by atoms with van der Waals surface area (Å²) >= 11 is 11.8. The molecule has 0 aromatic carbocycles. The van der Waals surface area contributed by atoms with E-state index in [1.54, 1.807) is 13.8 Å². The summed E-state index contributed by atoms with van der Waals surface area (Å²) in [6.45, 7) is 7.62. The Morgan fingerprint density at radius 1 is 1.33 bits per heavy atom. The van der Waals surface area contributed by atoms with E-state index in [4.69, 9.17) is 23.6 Å². The fourth-order valence-corrected chi connectivity index (χ4v) is 2.09. The highest BCUT2D eigenvalue weighted by atomic mass is 35.5. The molecule has 1 saturated heterocycles. The Morgan fingerprint density at radius 3 is 1.83 bits per heavy atom. The van der Waals surface area contributed by atoms with Crippen LogP contribution < -0.4 is 0 Å². The molecular formula is C7H14Cl2N2O. The molecule has 0 amide bonds. The van der Waals surface area contributed by atoms with Crippen molar-refractivity contribution in [2.24, 2.45) is 0 Å². The summed E-state index contributed by atoms with van der Waals surface area (Å²) in [5, 5.41) is 12.0. The zero-order chi connectivity index (χ0) is 9.78. The van der Waals surface area contributed by atoms with Crippen LogP contribution in [0.1, 0.15) is 27.7 Å². The molecular weight excluding hydrogens is 199 g/mol. The van der Waals surface area contributed by atoms with Gasteiger partial charge < -0.3 is 5.21 Å². The van der Waals surface area contributed by atoms with Gasteiger partial charge in [-0.15, -0.1) is 0 Å². The number of nitrogens with zero attached hydrogens (tertiary/aromatic N) is 2. The van der Waals surface area contributed by atoms with Crippen LogP contribution in [0.25, 0.3) is 0 Å². The summed E-state index contributed by atoms with van der Waals surface area (Å²) in [5.41, 5.74) is -1.33. The Bertz CT molecular complexity index is 204. The molecule has 1 fully saturated rings. The number of halogens is 2. The summed E-state index contributed by atoms with van der Waals surface area (Å²) in [6, 6.07) is 0. The summed E-state index contributed by atoms with van der Waals surface area (Å²) in [7, 11) is 0. The number of hydrogen-bond donors (Lipinski definition) is 0. The van der Waals surface area contributed by atoms with E-state index in [2.05, 4.69) is 0 Å². The van der Waals surface area contributed by atoms with Crippen LogP contribution in [0.2, 0.25) is 0 Å². The molecule has 1 aliphatic rings. The van der Waals surface area contributed by atoms with Gasteiger partial charge in [-0.05, 0) is 25.6 Å². The first-order valence-corrected chi connectivity index (χ1v) is 4.54. The van der Waals surface area contributed by atoms with Gasteiger partial charge in [0.2, 0.25) is 0 Å². The van der Waals surface area contributed by atoms with Gasteiger partial charge in [0.25, 0.3) is 0 Å². The Hall–Kier alpha value is 0.460. The van der Waals surface area contributed by atoms with Crippen LogP contribution in [0.15, 0.2) is 0 Å². The van der Waals surface area contributed by atoms with Gasteiger partial charge >= 0.3 is 0 Å². The van der Waals surface area contributed by atoms with Crippen molar-refractivity contribution >= 4 is 23.6 Å². The highest BCUT2D eigenvalue weighted by molar-refractivity contribution is 6.14. The molecule has 0 N–H and O–H groups in total. The van der Waals surface area contributed by atoms with Crippen LogP contribution in [-0.4, -0.2) is 26.3 Å². The van der Waals surface area contributed by atoms with E-state index in [1.165, 1.54) is 4.42 Å². The third-order valence-electron chi connectivity index (χ3n) is 2.60. The predicted molar refractivity (Wildman–Crippen MR) is 50.2 cm³/mol. The molecule has 0 aromatic rings. The van der Waals surface area contributed by atoms with Crippen molar-refractivity contribution in [3.63, 3.8) is 0 Å². The number of quaternary nitrogens is 1. The van der Waals surface area contributed by atoms with Gasteiger partial charge in [-0.2, -0.15) is 4.42 Å². The molecule has 12 heavy (non-hydrogen) atoms. The molecule has 3 nitrogen and oxygen atoms in total. The van der Waals surface area contributed by atoms with Crippen molar-refractivity contribution in [1.82, 2.24) is 4.42 Å². The SMILES string of the molecule is CC1(C)CN(Cl)C(C)(C)[N+]1([O-])Cl. The molecule has 1 unspecified atom stereocenters. The Balaban J connectivity index is 3.10. The van der Waals surface area contributed by atoms with Crippen molar-refractivity contribution in [2.75, 3.05) is 6.54 Å². The monoisotopic (exact) mass is 212 g/mol. The Morgan fingerprint density at radius 2 is 1.75 bits per heavy atom. The van der Waals surface area contributed by atoms with E-state index in [9.17, 15) is 5.21 Å². The van der Waals surface area contributed by atoms with Gasteiger partial charge in [0.1, 0.15) is 5.54 Å². The fraction of sp³-hybridized carbons (Fsp3) is 1.00. The number of hydroxylamine groups is 2. The van der Waals surface area contributed by atoms with Crippen LogP contribution >= 0.6 is 23.6 Å². The van der Waals surface area contributed by atoms with Crippen molar-refractivity contribution in [1.29, 1.82) is 0 Å². The van der Waals surface area contributed by atoms with Gasteiger partial charge in [0.15, 0.2) is 17.4 Å². The Kier molecular flexibility index (Phi) is 2.18. The third kappa shape index (κ3) is 1.08. The zero-order valence-electron chi connectivity index (χ0n) is 7.77. The van der Waals surface area contributed by atoms with Gasteiger partial charge in [-0.25, -0.2) is 4.17 Å². The molecule has 0 spiro atoms. The molecule has 1 heterocycles. The maximum absolute atomic E-state index is 12.0. The molecule has 1 atom stereocenters. The number of hydrogen-bond acceptors (Lipinski definition) is 2. The first kappa shape index (κ1) is 10.5. The maximum atomic E-state index is 12.0. The van der Waals surface area contributed by atoms with E-state index in [1.807, 2.05) is 13.8 Å². The van der Waals surface area contributed by atoms with E-state index in [0.717, 1.165) is 0 Å². The van der Waals surface area contributed by atoms with E-state index in [0.29, 0.717) is 6.54 Å². The van der Waals surface area contributed by atoms with Crippen molar-refractivity contribution in [3.8, 4) is 0 Å². The molecule has 1 aliphatic heterocycles. The molecule has 72 valence electrons. The summed E-state index contributed by atoms with van der Waals surface area (Å²) in [6.07, 6.45) is 0. The molecule has 0 saturated carbocycles. The first-order chi connectivity index (χ1) is 5.13. The average molecular weight is 213 g/mol. The van der Waals surface area contributed by atoms with Crippen LogP contribution in [0, 0.1) is 5.21 Å². The lowest BCUT2D eigenvalue weighted by molar-refractivity contribution is -0.855. The minimum Gasteiger partial charge on any atom is -0.611 e. The lowest BCUT2D eigenvalue weighted by Gasteiger charge is -2.48. The minimum atomic E-state index is -0.844. The molecule has 0 bridgehead atoms. The minimum absolute atomic E-state index is 0.495. The zero-order valence-corrected chi connectivity index (χ0v) is 9.28. The van der Waals surface area contributed by atoms with E-state index < -0.39 is 15.4 Å². The van der Waals surface area contributed by atoms with Gasteiger partial charge in [0.05, 0.1) is 6.54 Å². The Labute approximate surface area is 83.2 Å². The second-order valence-corrected chi connectivity index (χ2v) is 5.24. The fourth-order valence-electron chi connectivity index (χ4n) is 1.50. The molecule has 1 rings (SSSR count). The largest absolute Gasteiger partial charge is 0.611 e. The average Bonchev–Trinajstić information content (AvgIpc) is 1.92. The molecule has 5 heteroatoms. The summed E-state index contributed by atoms with van der Waals surface area (Å²) < 4.78 is 0.635. The summed E-state index contributed by atoms with van der Waals surface area (Å²) in [5.74, 6) is 0. The lowest BCUT2D eigenvalue weighted by Crippen LogP contribution is -2.57. The quantitative estimate of drug-likeness (QED) is 0.456. The van der Waals surface area contributed by atoms with Crippen molar-refractivity contribution in [2.45, 2.75) is 38.9 Å². The summed E-state index contributed by atoms with van der Waals surface area (Å²) in [4.78, 5) is 0. The topological polar surface area (TPSA) is 26.3 Å².